The van der Waals surface area contributed by atoms with Crippen LogP contribution in [0.4, 0.5) is 0 Å². The summed E-state index contributed by atoms with van der Waals surface area (Å²) in [6.07, 6.45) is 1.91. The van der Waals surface area contributed by atoms with E-state index in [9.17, 15) is 4.79 Å². The van der Waals surface area contributed by atoms with Crippen molar-refractivity contribution in [3.05, 3.63) is 12.7 Å². The molecule has 0 aromatic heterocycles. The molecule has 1 aliphatic rings. The number of hydrogen-bond donors (Lipinski definition) is 1. The van der Waals surface area contributed by atoms with E-state index in [1.165, 1.54) is 0 Å². The van der Waals surface area contributed by atoms with E-state index in [1.807, 2.05) is 6.08 Å². The fourth-order valence-electron chi connectivity index (χ4n) is 2.78. The zero-order valence-corrected chi connectivity index (χ0v) is 14.6. The Hall–Kier alpha value is -0.613. The molecule has 0 aromatic rings. The SMILES string of the molecule is C=C[C@H](C)[C@H]1NC(=O)[C@@H]1C(C)(O[SiH](C)C)C(C)(C)C. The summed E-state index contributed by atoms with van der Waals surface area (Å²) in [5.74, 6) is 0.294. The zero-order valence-electron chi connectivity index (χ0n) is 13.4. The highest BCUT2D eigenvalue weighted by Crippen LogP contribution is 2.45. The lowest BCUT2D eigenvalue weighted by molar-refractivity contribution is -0.161. The van der Waals surface area contributed by atoms with Gasteiger partial charge in [0.15, 0.2) is 9.04 Å². The van der Waals surface area contributed by atoms with E-state index in [0.717, 1.165) is 0 Å². The third kappa shape index (κ3) is 2.94. The second-order valence-corrected chi connectivity index (χ2v) is 9.46. The van der Waals surface area contributed by atoms with Gasteiger partial charge in [-0.1, -0.05) is 33.8 Å². The first kappa shape index (κ1) is 16.4. The number of carbonyl (C=O) groups is 1. The van der Waals surface area contributed by atoms with Crippen LogP contribution in [0.3, 0.4) is 0 Å². The fourth-order valence-corrected chi connectivity index (χ4v) is 4.26. The van der Waals surface area contributed by atoms with Crippen LogP contribution in [0.5, 0.6) is 0 Å². The number of nitrogens with one attached hydrogen (secondary N) is 1. The minimum atomic E-state index is -1.23. The molecule has 0 bridgehead atoms. The molecule has 1 unspecified atom stereocenters. The molecule has 19 heavy (non-hydrogen) atoms. The topological polar surface area (TPSA) is 38.3 Å². The van der Waals surface area contributed by atoms with Crippen LogP contribution in [0.1, 0.15) is 34.6 Å². The third-order valence-electron chi connectivity index (χ3n) is 4.45. The molecule has 0 radical (unpaired) electrons. The molecule has 3 nitrogen and oxygen atoms in total. The van der Waals surface area contributed by atoms with E-state index in [2.05, 4.69) is 59.6 Å². The molecule has 1 aliphatic heterocycles. The maximum atomic E-state index is 12.1. The Morgan fingerprint density at radius 1 is 1.37 bits per heavy atom. The number of β-lactam (4-membered cyclic amide) rings is 1. The van der Waals surface area contributed by atoms with Crippen molar-refractivity contribution < 1.29 is 9.22 Å². The van der Waals surface area contributed by atoms with Crippen LogP contribution >= 0.6 is 0 Å². The van der Waals surface area contributed by atoms with Gasteiger partial charge in [-0.25, -0.2) is 0 Å². The van der Waals surface area contributed by atoms with Crippen LogP contribution in [-0.2, 0) is 9.22 Å². The molecule has 1 fully saturated rings. The Bertz CT molecular complexity index is 362. The lowest BCUT2D eigenvalue weighted by Gasteiger charge is -2.55. The molecule has 1 saturated heterocycles. The number of carbonyl (C=O) groups excluding carboxylic acids is 1. The molecule has 110 valence electrons. The van der Waals surface area contributed by atoms with Gasteiger partial charge in [0.05, 0.1) is 11.5 Å². The predicted molar refractivity (Wildman–Crippen MR) is 82.6 cm³/mol. The van der Waals surface area contributed by atoms with Crippen LogP contribution < -0.4 is 5.32 Å². The first-order valence-corrected chi connectivity index (χ1v) is 9.93. The number of hydrogen-bond acceptors (Lipinski definition) is 2. The van der Waals surface area contributed by atoms with Gasteiger partial charge in [0.25, 0.3) is 0 Å². The minimum absolute atomic E-state index is 0.0775. The lowest BCUT2D eigenvalue weighted by atomic mass is 9.62. The van der Waals surface area contributed by atoms with Crippen LogP contribution in [0.25, 0.3) is 0 Å². The van der Waals surface area contributed by atoms with E-state index in [1.54, 1.807) is 0 Å². The quantitative estimate of drug-likeness (QED) is 0.479. The summed E-state index contributed by atoms with van der Waals surface area (Å²) < 4.78 is 6.35. The lowest BCUT2D eigenvalue weighted by Crippen LogP contribution is -2.71. The molecule has 0 spiro atoms. The van der Waals surface area contributed by atoms with Gasteiger partial charge in [-0.05, 0) is 31.4 Å². The van der Waals surface area contributed by atoms with Crippen LogP contribution in [-0.4, -0.2) is 26.6 Å². The molecule has 4 heteroatoms. The second kappa shape index (κ2) is 5.41. The molecular formula is C15H29NO2Si. The molecule has 0 saturated carbocycles. The molecule has 1 rings (SSSR count). The second-order valence-electron chi connectivity index (χ2n) is 7.13. The summed E-state index contributed by atoms with van der Waals surface area (Å²) >= 11 is 0. The van der Waals surface area contributed by atoms with Crippen LogP contribution in [0, 0.1) is 17.3 Å². The highest BCUT2D eigenvalue weighted by Gasteiger charge is 2.57. The van der Waals surface area contributed by atoms with Gasteiger partial charge in [0.1, 0.15) is 0 Å². The molecule has 0 aliphatic carbocycles. The van der Waals surface area contributed by atoms with Gasteiger partial charge in [0, 0.05) is 6.04 Å². The molecule has 1 amide bonds. The van der Waals surface area contributed by atoms with Gasteiger partial charge in [-0.15, -0.1) is 6.58 Å². The summed E-state index contributed by atoms with van der Waals surface area (Å²) in [6, 6.07) is 0.141. The van der Waals surface area contributed by atoms with E-state index < -0.39 is 14.6 Å². The van der Waals surface area contributed by atoms with Crippen LogP contribution in [0.2, 0.25) is 13.1 Å². The number of rotatable bonds is 5. The van der Waals surface area contributed by atoms with Crippen molar-refractivity contribution in [1.29, 1.82) is 0 Å². The Labute approximate surface area is 119 Å². The molecule has 0 aromatic carbocycles. The van der Waals surface area contributed by atoms with Gasteiger partial charge in [-0.2, -0.15) is 0 Å². The van der Waals surface area contributed by atoms with Gasteiger partial charge < -0.3 is 9.74 Å². The standard InChI is InChI=1S/C15H29NO2Si/c1-9-10(2)12-11(13(17)16-12)15(6,14(3,4)5)18-19(7)8/h9-12,19H,1H2,2-8H3,(H,16,17)/t10-,11+,12+,15?/m0/s1. The Balaban J connectivity index is 3.10. The van der Waals surface area contributed by atoms with Gasteiger partial charge >= 0.3 is 0 Å². The van der Waals surface area contributed by atoms with E-state index >= 15 is 0 Å². The van der Waals surface area contributed by atoms with Crippen molar-refractivity contribution >= 4 is 14.9 Å². The van der Waals surface area contributed by atoms with Crippen molar-refractivity contribution in [2.24, 2.45) is 17.3 Å². The van der Waals surface area contributed by atoms with Crippen molar-refractivity contribution in [1.82, 2.24) is 5.32 Å². The summed E-state index contributed by atoms with van der Waals surface area (Å²) in [4.78, 5) is 12.1. The molecule has 4 atom stereocenters. The summed E-state index contributed by atoms with van der Waals surface area (Å²) in [7, 11) is -1.23. The molecule has 1 heterocycles. The Morgan fingerprint density at radius 2 is 1.89 bits per heavy atom. The smallest absolute Gasteiger partial charge is 0.228 e. The highest BCUT2D eigenvalue weighted by atomic mass is 28.3. The van der Waals surface area contributed by atoms with Crippen molar-refractivity contribution in [3.63, 3.8) is 0 Å². The highest BCUT2D eigenvalue weighted by molar-refractivity contribution is 6.48. The van der Waals surface area contributed by atoms with E-state index in [-0.39, 0.29) is 29.2 Å². The fraction of sp³-hybridized carbons (Fsp3) is 0.800. The predicted octanol–water partition coefficient (Wildman–Crippen LogP) is 2.73. The van der Waals surface area contributed by atoms with Gasteiger partial charge in [0.2, 0.25) is 5.91 Å². The maximum Gasteiger partial charge on any atom is 0.228 e. The summed E-state index contributed by atoms with van der Waals surface area (Å²) in [6.45, 7) is 18.8. The Morgan fingerprint density at radius 3 is 2.21 bits per heavy atom. The third-order valence-corrected chi connectivity index (χ3v) is 5.41. The van der Waals surface area contributed by atoms with Gasteiger partial charge in [-0.3, -0.25) is 4.79 Å². The largest absolute Gasteiger partial charge is 0.414 e. The summed E-state index contributed by atoms with van der Waals surface area (Å²) in [5, 5.41) is 3.02. The van der Waals surface area contributed by atoms with Crippen molar-refractivity contribution in [2.45, 2.75) is 59.4 Å². The average Bonchev–Trinajstić information content (AvgIpc) is 2.21. The Kier molecular flexibility index (Phi) is 4.68. The van der Waals surface area contributed by atoms with E-state index in [0.29, 0.717) is 0 Å². The van der Waals surface area contributed by atoms with Crippen molar-refractivity contribution in [3.8, 4) is 0 Å². The van der Waals surface area contributed by atoms with E-state index in [4.69, 9.17) is 4.43 Å². The molecule has 1 N–H and O–H groups in total. The monoisotopic (exact) mass is 283 g/mol. The van der Waals surface area contributed by atoms with Crippen molar-refractivity contribution in [2.75, 3.05) is 0 Å². The van der Waals surface area contributed by atoms with Crippen LogP contribution in [0.15, 0.2) is 12.7 Å². The molecular weight excluding hydrogens is 254 g/mol. The summed E-state index contributed by atoms with van der Waals surface area (Å²) in [5.41, 5.74) is -0.497. The minimum Gasteiger partial charge on any atom is -0.414 e. The number of amides is 1. The zero-order chi connectivity index (χ0) is 15.0. The first-order chi connectivity index (χ1) is 8.54. The average molecular weight is 283 g/mol. The maximum absolute atomic E-state index is 12.1. The normalized spacial score (nSPS) is 28.3. The first-order valence-electron chi connectivity index (χ1n) is 7.15.